The molecule has 0 radical (unpaired) electrons. The molecule has 0 spiro atoms. The molecule has 3 fully saturated rings. The van der Waals surface area contributed by atoms with Crippen LogP contribution in [0.4, 0.5) is 13.3 Å². The molecule has 0 aromatic heterocycles. The van der Waals surface area contributed by atoms with E-state index in [1.807, 2.05) is 13.8 Å². The van der Waals surface area contributed by atoms with Gasteiger partial charge in [0.15, 0.2) is 12.6 Å². The summed E-state index contributed by atoms with van der Waals surface area (Å²) in [6.45, 7) is 7.27. The molecule has 17 heteroatoms. The van der Waals surface area contributed by atoms with E-state index in [0.717, 1.165) is 6.42 Å². The molecule has 2 heterocycles. The van der Waals surface area contributed by atoms with Crippen molar-refractivity contribution in [2.24, 2.45) is 11.5 Å². The summed E-state index contributed by atoms with van der Waals surface area (Å²) >= 11 is 0. The number of ether oxygens (including phenoxy) is 4. The van der Waals surface area contributed by atoms with Gasteiger partial charge in [0.1, 0.15) is 30.0 Å². The number of alkyl halides is 2. The number of carbonyl (C=O) groups excluding carboxylic acids is 1. The fourth-order valence-electron chi connectivity index (χ4n) is 5.57. The van der Waals surface area contributed by atoms with Crippen LogP contribution in [-0.2, 0) is 28.7 Å². The average Bonchev–Trinajstić information content (AvgIpc) is 2.95. The Hall–Kier alpha value is -1.22. The molecule has 1 unspecified atom stereocenters. The average molecular weight is 620 g/mol. The third kappa shape index (κ3) is 9.64. The zero-order valence-corrected chi connectivity index (χ0v) is 24.5. The van der Waals surface area contributed by atoms with Crippen molar-refractivity contribution in [1.82, 2.24) is 16.0 Å². The minimum absolute atomic E-state index is 0.0277. The summed E-state index contributed by atoms with van der Waals surface area (Å²) in [7, 11) is 1.66. The van der Waals surface area contributed by atoms with Crippen molar-refractivity contribution in [3.8, 4) is 0 Å². The monoisotopic (exact) mass is 619 g/mol. The summed E-state index contributed by atoms with van der Waals surface area (Å²) in [6, 6.07) is -1.41. The highest BCUT2D eigenvalue weighted by Crippen LogP contribution is 2.32. The number of nitrogens with one attached hydrogen (secondary N) is 3. The van der Waals surface area contributed by atoms with Crippen LogP contribution in [0.2, 0.25) is 0 Å². The van der Waals surface area contributed by atoms with E-state index in [1.54, 1.807) is 14.0 Å². The molecule has 0 bridgehead atoms. The zero-order chi connectivity index (χ0) is 31.6. The van der Waals surface area contributed by atoms with Gasteiger partial charge in [0, 0.05) is 23.2 Å². The van der Waals surface area contributed by atoms with E-state index in [9.17, 15) is 28.6 Å². The molecule has 10 N–H and O–H groups in total. The zero-order valence-electron chi connectivity index (χ0n) is 24.5. The highest BCUT2D eigenvalue weighted by Gasteiger charge is 2.51. The maximum atomic E-state index is 11.6. The van der Waals surface area contributed by atoms with Crippen LogP contribution < -0.4 is 27.4 Å². The van der Waals surface area contributed by atoms with Crippen LogP contribution in [0.5, 0.6) is 0 Å². The van der Waals surface area contributed by atoms with Gasteiger partial charge in [-0.1, -0.05) is 13.8 Å². The van der Waals surface area contributed by atoms with Gasteiger partial charge in [-0.15, -0.1) is 0 Å². The maximum Gasteiger partial charge on any atom is 0.414 e. The molecular weight excluding hydrogens is 571 g/mol. The number of halogens is 3. The standard InChI is InChI=1S/C23H47N5O7.C2HF3O2/c1-5-27-14-9-15(28-6-2)19(35-22-17(30)20(26-4)23(3,31)11-32-22)16(29)18(14)34-21-13(25)8-7-12(10-24)33-21;3-1(4)2(6)7-5/h12-22,26-31H,5-11,24-25H2,1-4H3;1H/t12?,13-,14+,15-,16+,17-,18-,19+,20-,21-,22-,23+;/m1./s1. The first-order valence-electron chi connectivity index (χ1n) is 14.2. The molecular formula is C25H48F3N5O9. The Morgan fingerprint density at radius 1 is 1.07 bits per heavy atom. The Morgan fingerprint density at radius 3 is 2.10 bits per heavy atom. The Kier molecular flexibility index (Phi) is 15.2. The van der Waals surface area contributed by atoms with Gasteiger partial charge < -0.3 is 61.7 Å². The summed E-state index contributed by atoms with van der Waals surface area (Å²) in [5.74, 6) is -2.15. The lowest BCUT2D eigenvalue weighted by Crippen LogP contribution is -2.69. The maximum absolute atomic E-state index is 11.6. The number of hydrogen-bond donors (Lipinski definition) is 8. The van der Waals surface area contributed by atoms with Crippen molar-refractivity contribution < 1.29 is 57.3 Å². The lowest BCUT2D eigenvalue weighted by atomic mass is 9.83. The van der Waals surface area contributed by atoms with Gasteiger partial charge in [0.2, 0.25) is 0 Å². The molecule has 1 aliphatic carbocycles. The SMILES string of the molecule is CCN[C@H]1C[C@@H](NCC)[C@H](O[C@H]2OC[C@](C)(O)[C@H](NC)[C@H]2O)[C@@H](O)[C@@H]1O[C@H]1OC(CN)CC[C@H]1N.O=C(OF)C(F)F. The first-order valence-corrected chi connectivity index (χ1v) is 14.2. The number of rotatable bonds is 11. The van der Waals surface area contributed by atoms with Gasteiger partial charge in [0.25, 0.3) is 0 Å². The number of carbonyl (C=O) groups is 1. The molecule has 0 aromatic carbocycles. The minimum Gasteiger partial charge on any atom is -0.388 e. The van der Waals surface area contributed by atoms with Gasteiger partial charge in [-0.3, -0.25) is 0 Å². The highest BCUT2D eigenvalue weighted by atomic mass is 19.3. The van der Waals surface area contributed by atoms with E-state index in [4.69, 9.17) is 35.2 Å². The van der Waals surface area contributed by atoms with Crippen LogP contribution in [0.3, 0.4) is 0 Å². The molecule has 1 saturated carbocycles. The molecule has 14 nitrogen and oxygen atoms in total. The number of likely N-dealkylation sites (N-methyl/N-ethyl adjacent to an activating group) is 3. The topological polar surface area (TPSA) is 212 Å². The van der Waals surface area contributed by atoms with E-state index >= 15 is 0 Å². The van der Waals surface area contributed by atoms with Crippen molar-refractivity contribution in [2.45, 2.75) is 119 Å². The van der Waals surface area contributed by atoms with Gasteiger partial charge in [-0.2, -0.15) is 8.78 Å². The Bertz CT molecular complexity index is 809. The highest BCUT2D eigenvalue weighted by molar-refractivity contribution is 5.71. The lowest BCUT2D eigenvalue weighted by Gasteiger charge is -2.49. The second-order valence-corrected chi connectivity index (χ2v) is 10.8. The van der Waals surface area contributed by atoms with Crippen LogP contribution in [0.1, 0.15) is 40.0 Å². The summed E-state index contributed by atoms with van der Waals surface area (Å²) in [5, 5.41) is 42.8. The minimum atomic E-state index is -3.37. The first kappa shape index (κ1) is 37.0. The number of nitrogens with two attached hydrogens (primary N) is 2. The number of aliphatic hydroxyl groups excluding tert-OH is 2. The van der Waals surface area contributed by atoms with Crippen molar-refractivity contribution in [2.75, 3.05) is 33.3 Å². The quantitative estimate of drug-likeness (QED) is 0.126. The van der Waals surface area contributed by atoms with Crippen molar-refractivity contribution >= 4 is 5.97 Å². The summed E-state index contributed by atoms with van der Waals surface area (Å²) in [4.78, 5) is 11.3. The molecule has 0 amide bonds. The van der Waals surface area contributed by atoms with Gasteiger partial charge in [0.05, 0.1) is 24.8 Å². The van der Waals surface area contributed by atoms with Crippen LogP contribution >= 0.6 is 0 Å². The summed E-state index contributed by atoms with van der Waals surface area (Å²) in [5.41, 5.74) is 10.8. The van der Waals surface area contributed by atoms with Gasteiger partial charge in [-0.25, -0.2) is 9.74 Å². The first-order chi connectivity index (χ1) is 19.8. The van der Waals surface area contributed by atoms with Crippen molar-refractivity contribution in [3.05, 3.63) is 0 Å². The predicted molar refractivity (Wildman–Crippen MR) is 143 cm³/mol. The fourth-order valence-corrected chi connectivity index (χ4v) is 5.57. The smallest absolute Gasteiger partial charge is 0.388 e. The van der Waals surface area contributed by atoms with Crippen LogP contribution in [-0.4, -0.2) is 134 Å². The largest absolute Gasteiger partial charge is 0.414 e. The van der Waals surface area contributed by atoms with E-state index < -0.39 is 61.0 Å². The Balaban J connectivity index is 0.000000782. The molecule has 0 aromatic rings. The van der Waals surface area contributed by atoms with Crippen LogP contribution in [0.25, 0.3) is 0 Å². The predicted octanol–water partition coefficient (Wildman–Crippen LogP) is -2.00. The van der Waals surface area contributed by atoms with Crippen molar-refractivity contribution in [3.63, 3.8) is 0 Å². The third-order valence-corrected chi connectivity index (χ3v) is 7.65. The fraction of sp³-hybridized carbons (Fsp3) is 0.960. The second kappa shape index (κ2) is 17.3. The molecule has 12 atom stereocenters. The van der Waals surface area contributed by atoms with E-state index in [0.29, 0.717) is 32.5 Å². The number of aliphatic hydroxyl groups is 3. The molecule has 42 heavy (non-hydrogen) atoms. The second-order valence-electron chi connectivity index (χ2n) is 10.8. The molecule has 3 aliphatic rings. The van der Waals surface area contributed by atoms with E-state index in [2.05, 4.69) is 20.9 Å². The van der Waals surface area contributed by atoms with E-state index in [-0.39, 0.29) is 30.8 Å². The molecule has 2 saturated heterocycles. The Labute approximate surface area is 243 Å². The Morgan fingerprint density at radius 2 is 1.64 bits per heavy atom. The molecule has 2 aliphatic heterocycles. The van der Waals surface area contributed by atoms with E-state index in [1.165, 1.54) is 0 Å². The summed E-state index contributed by atoms with van der Waals surface area (Å²) < 4.78 is 56.0. The number of hydrogen-bond acceptors (Lipinski definition) is 14. The van der Waals surface area contributed by atoms with Crippen molar-refractivity contribution in [1.29, 1.82) is 0 Å². The van der Waals surface area contributed by atoms with Crippen LogP contribution in [0.15, 0.2) is 0 Å². The van der Waals surface area contributed by atoms with Gasteiger partial charge in [-0.05, 0) is 46.3 Å². The lowest BCUT2D eigenvalue weighted by molar-refractivity contribution is -0.308. The van der Waals surface area contributed by atoms with Gasteiger partial charge >= 0.3 is 12.4 Å². The normalized spacial score (nSPS) is 40.7. The molecule has 3 rings (SSSR count). The summed E-state index contributed by atoms with van der Waals surface area (Å²) in [6.07, 6.45) is -6.81. The third-order valence-electron chi connectivity index (χ3n) is 7.65. The molecule has 248 valence electrons. The van der Waals surface area contributed by atoms with Crippen LogP contribution in [0, 0.1) is 0 Å².